The molecule has 0 atom stereocenters. The van der Waals surface area contributed by atoms with Crippen LogP contribution in [-0.2, 0) is 12.8 Å². The number of hydrogen-bond acceptors (Lipinski definition) is 1. The quantitative estimate of drug-likeness (QED) is 0.706. The molecule has 2 aliphatic rings. The molecule has 0 fully saturated rings. The third-order valence-corrected chi connectivity index (χ3v) is 3.53. The first-order chi connectivity index (χ1) is 7.84. The minimum atomic E-state index is -0.0608. The molecule has 0 spiro atoms. The molecule has 1 heteroatoms. The van der Waals surface area contributed by atoms with Gasteiger partial charge in [0.1, 0.15) is 0 Å². The lowest BCUT2D eigenvalue weighted by atomic mass is 10.0. The molecule has 0 aliphatic heterocycles. The Morgan fingerprint density at radius 1 is 0.750 bits per heavy atom. The van der Waals surface area contributed by atoms with Crippen molar-refractivity contribution in [2.75, 3.05) is 0 Å². The lowest BCUT2D eigenvalue weighted by molar-refractivity contribution is 0.148. The van der Waals surface area contributed by atoms with Crippen LogP contribution in [0.15, 0.2) is 24.3 Å². The molecular weight excluding hydrogens is 196 g/mol. The highest BCUT2D eigenvalue weighted by Crippen LogP contribution is 2.16. The Labute approximate surface area is 98.5 Å². The van der Waals surface area contributed by atoms with Gasteiger partial charge in [0.15, 0.2) is 0 Å². The van der Waals surface area contributed by atoms with Gasteiger partial charge in [-0.3, -0.25) is 0 Å². The Hall–Kier alpha value is -0.820. The summed E-state index contributed by atoms with van der Waals surface area (Å²) in [5.41, 5.74) is 2.88. The van der Waals surface area contributed by atoms with E-state index in [2.05, 4.69) is 24.3 Å². The Morgan fingerprint density at radius 3 is 1.62 bits per heavy atom. The zero-order chi connectivity index (χ0) is 11.2. The molecule has 1 aromatic carbocycles. The van der Waals surface area contributed by atoms with E-state index in [9.17, 15) is 5.11 Å². The van der Waals surface area contributed by atoms with Crippen LogP contribution in [-0.4, -0.2) is 11.2 Å². The van der Waals surface area contributed by atoms with Crippen molar-refractivity contribution in [3.05, 3.63) is 35.4 Å². The van der Waals surface area contributed by atoms with Crippen LogP contribution >= 0.6 is 0 Å². The second-order valence-electron chi connectivity index (χ2n) is 4.96. The van der Waals surface area contributed by atoms with Crippen LogP contribution < -0.4 is 0 Å². The standard InChI is InChI=1S/C15H22O/c16-15-7-3-1-5-13-9-11-14(12-10-13)6-2-4-8-15/h9-12,15-16H,1-8H2. The molecule has 16 heavy (non-hydrogen) atoms. The van der Waals surface area contributed by atoms with E-state index in [-0.39, 0.29) is 6.10 Å². The molecule has 0 unspecified atom stereocenters. The van der Waals surface area contributed by atoms with Gasteiger partial charge in [-0.15, -0.1) is 0 Å². The van der Waals surface area contributed by atoms with E-state index >= 15 is 0 Å². The van der Waals surface area contributed by atoms with Crippen LogP contribution in [0.1, 0.15) is 49.7 Å². The second-order valence-corrected chi connectivity index (χ2v) is 4.96. The minimum absolute atomic E-state index is 0.0608. The molecule has 0 aromatic heterocycles. The summed E-state index contributed by atoms with van der Waals surface area (Å²) in [7, 11) is 0. The topological polar surface area (TPSA) is 20.2 Å². The van der Waals surface area contributed by atoms with Crippen molar-refractivity contribution in [1.82, 2.24) is 0 Å². The Balaban J connectivity index is 1.97. The van der Waals surface area contributed by atoms with Crippen molar-refractivity contribution in [3.8, 4) is 0 Å². The van der Waals surface area contributed by atoms with E-state index in [1.54, 1.807) is 0 Å². The lowest BCUT2D eigenvalue weighted by Gasteiger charge is -2.09. The van der Waals surface area contributed by atoms with Gasteiger partial charge < -0.3 is 5.11 Å². The maximum Gasteiger partial charge on any atom is 0.0540 e. The molecular formula is C15H22O. The fraction of sp³-hybridized carbons (Fsp3) is 0.600. The molecule has 2 bridgehead atoms. The first-order valence-corrected chi connectivity index (χ1v) is 6.60. The summed E-state index contributed by atoms with van der Waals surface area (Å²) in [4.78, 5) is 0. The fourth-order valence-corrected chi connectivity index (χ4v) is 2.44. The van der Waals surface area contributed by atoms with E-state index in [0.717, 1.165) is 38.5 Å². The number of aliphatic hydroxyl groups is 1. The number of benzene rings is 1. The van der Waals surface area contributed by atoms with Crippen molar-refractivity contribution in [2.45, 2.75) is 57.5 Å². The number of rotatable bonds is 0. The average molecular weight is 218 g/mol. The highest BCUT2D eigenvalue weighted by molar-refractivity contribution is 5.22. The monoisotopic (exact) mass is 218 g/mol. The average Bonchev–Trinajstić information content (AvgIpc) is 2.34. The van der Waals surface area contributed by atoms with Gasteiger partial charge >= 0.3 is 0 Å². The van der Waals surface area contributed by atoms with Gasteiger partial charge in [0.2, 0.25) is 0 Å². The summed E-state index contributed by atoms with van der Waals surface area (Å²) < 4.78 is 0. The highest BCUT2D eigenvalue weighted by Gasteiger charge is 2.05. The fourth-order valence-electron chi connectivity index (χ4n) is 2.44. The van der Waals surface area contributed by atoms with Crippen molar-refractivity contribution >= 4 is 0 Å². The van der Waals surface area contributed by atoms with Crippen LogP contribution in [0.3, 0.4) is 0 Å². The van der Waals surface area contributed by atoms with E-state index < -0.39 is 0 Å². The van der Waals surface area contributed by atoms with Gasteiger partial charge in [0, 0.05) is 0 Å². The second kappa shape index (κ2) is 6.05. The highest BCUT2D eigenvalue weighted by atomic mass is 16.3. The predicted octanol–water partition coefficient (Wildman–Crippen LogP) is 3.49. The Kier molecular flexibility index (Phi) is 4.41. The molecule has 3 rings (SSSR count). The van der Waals surface area contributed by atoms with Crippen LogP contribution in [0.5, 0.6) is 0 Å². The van der Waals surface area contributed by atoms with E-state index in [1.165, 1.54) is 24.0 Å². The van der Waals surface area contributed by atoms with Crippen molar-refractivity contribution < 1.29 is 5.11 Å². The molecule has 2 aliphatic carbocycles. The zero-order valence-electron chi connectivity index (χ0n) is 9.99. The molecule has 0 heterocycles. The number of hydrogen-bond donors (Lipinski definition) is 1. The molecule has 1 aromatic rings. The van der Waals surface area contributed by atoms with E-state index in [1.807, 2.05) is 0 Å². The number of aliphatic hydroxyl groups excluding tert-OH is 1. The summed E-state index contributed by atoms with van der Waals surface area (Å²) >= 11 is 0. The lowest BCUT2D eigenvalue weighted by Crippen LogP contribution is -2.06. The third-order valence-electron chi connectivity index (χ3n) is 3.53. The van der Waals surface area contributed by atoms with Crippen LogP contribution in [0.4, 0.5) is 0 Å². The third kappa shape index (κ3) is 3.64. The zero-order valence-corrected chi connectivity index (χ0v) is 9.99. The summed E-state index contributed by atoms with van der Waals surface area (Å²) in [5.74, 6) is 0. The largest absolute Gasteiger partial charge is 0.393 e. The molecule has 1 nitrogen and oxygen atoms in total. The smallest absolute Gasteiger partial charge is 0.0540 e. The van der Waals surface area contributed by atoms with Crippen LogP contribution in [0, 0.1) is 0 Å². The minimum Gasteiger partial charge on any atom is -0.393 e. The van der Waals surface area contributed by atoms with Gasteiger partial charge in [-0.25, -0.2) is 0 Å². The van der Waals surface area contributed by atoms with Crippen molar-refractivity contribution in [3.63, 3.8) is 0 Å². The molecule has 1 N–H and O–H groups in total. The van der Waals surface area contributed by atoms with Crippen molar-refractivity contribution in [1.29, 1.82) is 0 Å². The maximum atomic E-state index is 9.77. The predicted molar refractivity (Wildman–Crippen MR) is 67.6 cm³/mol. The van der Waals surface area contributed by atoms with Crippen molar-refractivity contribution in [2.24, 2.45) is 0 Å². The van der Waals surface area contributed by atoms with Gasteiger partial charge in [0.05, 0.1) is 6.10 Å². The van der Waals surface area contributed by atoms with E-state index in [4.69, 9.17) is 0 Å². The maximum absolute atomic E-state index is 9.77. The first kappa shape index (κ1) is 11.7. The van der Waals surface area contributed by atoms with Gasteiger partial charge in [-0.05, 0) is 49.7 Å². The van der Waals surface area contributed by atoms with Crippen LogP contribution in [0.25, 0.3) is 0 Å². The normalized spacial score (nSPS) is 19.8. The van der Waals surface area contributed by atoms with Gasteiger partial charge in [-0.1, -0.05) is 37.1 Å². The summed E-state index contributed by atoms with van der Waals surface area (Å²) in [6.45, 7) is 0. The van der Waals surface area contributed by atoms with Gasteiger partial charge in [0.25, 0.3) is 0 Å². The number of aryl methyl sites for hydroxylation is 2. The molecule has 0 saturated carbocycles. The Bertz CT molecular complexity index is 271. The molecule has 0 radical (unpaired) electrons. The summed E-state index contributed by atoms with van der Waals surface area (Å²) in [5, 5.41) is 9.77. The molecule has 0 saturated heterocycles. The first-order valence-electron chi connectivity index (χ1n) is 6.60. The van der Waals surface area contributed by atoms with E-state index in [0.29, 0.717) is 0 Å². The number of fused-ring (bicyclic) bond motifs is 10. The Morgan fingerprint density at radius 2 is 1.19 bits per heavy atom. The SMILES string of the molecule is OC1CCCCc2ccc(cc2)CCCC1. The van der Waals surface area contributed by atoms with Crippen LogP contribution in [0.2, 0.25) is 0 Å². The van der Waals surface area contributed by atoms with Gasteiger partial charge in [-0.2, -0.15) is 0 Å². The molecule has 0 amide bonds. The molecule has 88 valence electrons. The summed E-state index contributed by atoms with van der Waals surface area (Å²) in [6, 6.07) is 9.07. The summed E-state index contributed by atoms with van der Waals surface area (Å²) in [6.07, 6.45) is 8.95.